The highest BCUT2D eigenvalue weighted by Crippen LogP contribution is 2.19. The van der Waals surface area contributed by atoms with E-state index in [9.17, 15) is 13.2 Å². The van der Waals surface area contributed by atoms with E-state index in [1.807, 2.05) is 6.92 Å². The summed E-state index contributed by atoms with van der Waals surface area (Å²) in [5.41, 5.74) is -0.503. The third kappa shape index (κ3) is 6.16. The van der Waals surface area contributed by atoms with Gasteiger partial charge in [-0.1, -0.05) is 6.92 Å². The fourth-order valence-electron chi connectivity index (χ4n) is 0.912. The van der Waals surface area contributed by atoms with Crippen molar-refractivity contribution in [3.05, 3.63) is 0 Å². The fourth-order valence-corrected chi connectivity index (χ4v) is 1.33. The predicted molar refractivity (Wildman–Crippen MR) is 48.1 cm³/mol. The van der Waals surface area contributed by atoms with Crippen LogP contribution in [0.3, 0.4) is 0 Å². The minimum Gasteiger partial charge on any atom is -0.303 e. The second-order valence-corrected chi connectivity index (χ2v) is 3.70. The molecule has 0 aromatic carbocycles. The van der Waals surface area contributed by atoms with Crippen molar-refractivity contribution in [1.29, 1.82) is 0 Å². The predicted octanol–water partition coefficient (Wildman–Crippen LogP) is 2.94. The Bertz CT molecular complexity index is 149. The monoisotopic (exact) mass is 217 g/mol. The van der Waals surface area contributed by atoms with Crippen LogP contribution in [0.1, 0.15) is 26.7 Å². The number of rotatable bonds is 5. The summed E-state index contributed by atoms with van der Waals surface area (Å²) in [7, 11) is 0. The molecule has 0 saturated heterocycles. The molecule has 13 heavy (non-hydrogen) atoms. The van der Waals surface area contributed by atoms with Gasteiger partial charge in [-0.3, -0.25) is 0 Å². The lowest BCUT2D eigenvalue weighted by Crippen LogP contribution is -2.46. The maximum absolute atomic E-state index is 11.9. The highest BCUT2D eigenvalue weighted by molar-refractivity contribution is 6.17. The van der Waals surface area contributed by atoms with Crippen molar-refractivity contribution in [2.75, 3.05) is 12.4 Å². The number of hydrogen-bond donors (Lipinski definition) is 1. The zero-order valence-electron chi connectivity index (χ0n) is 7.84. The summed E-state index contributed by atoms with van der Waals surface area (Å²) in [5.74, 6) is 0.370. The first kappa shape index (κ1) is 13.0. The van der Waals surface area contributed by atoms with Gasteiger partial charge in [0.15, 0.2) is 0 Å². The molecule has 0 aromatic heterocycles. The average Bonchev–Trinajstić information content (AvgIpc) is 2.01. The molecule has 1 nitrogen and oxygen atoms in total. The van der Waals surface area contributed by atoms with E-state index in [0.717, 1.165) is 0 Å². The number of alkyl halides is 4. The number of hydrogen-bond acceptors (Lipinski definition) is 1. The summed E-state index contributed by atoms with van der Waals surface area (Å²) < 4.78 is 35.6. The lowest BCUT2D eigenvalue weighted by Gasteiger charge is -2.29. The Morgan fingerprint density at radius 3 is 2.15 bits per heavy atom. The lowest BCUT2D eigenvalue weighted by atomic mass is 9.95. The zero-order chi connectivity index (χ0) is 10.5. The summed E-state index contributed by atoms with van der Waals surface area (Å²) in [6.07, 6.45) is -2.97. The van der Waals surface area contributed by atoms with Crippen molar-refractivity contribution >= 4 is 11.6 Å². The molecular formula is C8H15ClF3N. The first-order chi connectivity index (χ1) is 5.83. The Hall–Kier alpha value is 0.0400. The maximum atomic E-state index is 11.9. The highest BCUT2D eigenvalue weighted by Gasteiger charge is 2.31. The standard InChI is InChI=1S/C8H15ClF3N/c1-3-7(2,4-5-9)13-6-8(10,11)12/h13H,3-6H2,1-2H3. The number of nitrogens with one attached hydrogen (secondary N) is 1. The molecule has 0 aliphatic carbocycles. The summed E-state index contributed by atoms with van der Waals surface area (Å²) in [5, 5.41) is 2.48. The summed E-state index contributed by atoms with van der Waals surface area (Å²) in [6.45, 7) is 2.64. The van der Waals surface area contributed by atoms with Crippen molar-refractivity contribution in [2.24, 2.45) is 0 Å². The Balaban J connectivity index is 3.97. The molecule has 0 aromatic rings. The van der Waals surface area contributed by atoms with Crippen molar-refractivity contribution in [3.63, 3.8) is 0 Å². The van der Waals surface area contributed by atoms with Gasteiger partial charge >= 0.3 is 6.18 Å². The maximum Gasteiger partial charge on any atom is 0.401 e. The smallest absolute Gasteiger partial charge is 0.303 e. The van der Waals surface area contributed by atoms with E-state index in [0.29, 0.717) is 18.7 Å². The molecule has 0 saturated carbocycles. The second kappa shape index (κ2) is 5.05. The molecule has 0 bridgehead atoms. The minimum atomic E-state index is -4.15. The van der Waals surface area contributed by atoms with Crippen molar-refractivity contribution in [1.82, 2.24) is 5.32 Å². The summed E-state index contributed by atoms with van der Waals surface area (Å²) in [4.78, 5) is 0. The molecule has 0 amide bonds. The lowest BCUT2D eigenvalue weighted by molar-refractivity contribution is -0.128. The molecule has 0 aliphatic heterocycles. The van der Waals surface area contributed by atoms with E-state index in [2.05, 4.69) is 5.32 Å². The largest absolute Gasteiger partial charge is 0.401 e. The third-order valence-corrected chi connectivity index (χ3v) is 2.33. The van der Waals surface area contributed by atoms with Crippen molar-refractivity contribution in [2.45, 2.75) is 38.4 Å². The van der Waals surface area contributed by atoms with Gasteiger partial charge in [0.25, 0.3) is 0 Å². The van der Waals surface area contributed by atoms with Crippen LogP contribution in [0.15, 0.2) is 0 Å². The van der Waals surface area contributed by atoms with Crippen LogP contribution < -0.4 is 5.32 Å². The molecule has 0 radical (unpaired) electrons. The van der Waals surface area contributed by atoms with Crippen LogP contribution in [0.25, 0.3) is 0 Å². The number of halogens is 4. The van der Waals surface area contributed by atoms with Gasteiger partial charge < -0.3 is 5.32 Å². The van der Waals surface area contributed by atoms with Crippen molar-refractivity contribution < 1.29 is 13.2 Å². The fraction of sp³-hybridized carbons (Fsp3) is 1.00. The zero-order valence-corrected chi connectivity index (χ0v) is 8.60. The van der Waals surface area contributed by atoms with E-state index in [1.54, 1.807) is 6.92 Å². The van der Waals surface area contributed by atoms with Crippen LogP contribution in [0.4, 0.5) is 13.2 Å². The van der Waals surface area contributed by atoms with E-state index in [-0.39, 0.29) is 0 Å². The first-order valence-electron chi connectivity index (χ1n) is 4.21. The summed E-state index contributed by atoms with van der Waals surface area (Å²) >= 11 is 5.49. The second-order valence-electron chi connectivity index (χ2n) is 3.32. The molecular weight excluding hydrogens is 203 g/mol. The molecule has 0 spiro atoms. The SMILES string of the molecule is CCC(C)(CCCl)NCC(F)(F)F. The Morgan fingerprint density at radius 1 is 1.31 bits per heavy atom. The van der Waals surface area contributed by atoms with Crippen LogP contribution in [0.2, 0.25) is 0 Å². The topological polar surface area (TPSA) is 12.0 Å². The molecule has 1 N–H and O–H groups in total. The van der Waals surface area contributed by atoms with Gasteiger partial charge in [-0.25, -0.2) is 0 Å². The van der Waals surface area contributed by atoms with E-state index < -0.39 is 18.3 Å². The molecule has 0 aliphatic rings. The van der Waals surface area contributed by atoms with Gasteiger partial charge in [-0.2, -0.15) is 13.2 Å². The molecule has 80 valence electrons. The van der Waals surface area contributed by atoms with E-state index in [4.69, 9.17) is 11.6 Å². The van der Waals surface area contributed by atoms with Crippen molar-refractivity contribution in [3.8, 4) is 0 Å². The van der Waals surface area contributed by atoms with Crippen LogP contribution in [0.5, 0.6) is 0 Å². The van der Waals surface area contributed by atoms with Gasteiger partial charge in [0.05, 0.1) is 6.54 Å². The Labute approximate surface area is 81.6 Å². The normalized spacial score (nSPS) is 17.1. The Kier molecular flexibility index (Phi) is 5.07. The quantitative estimate of drug-likeness (QED) is 0.699. The van der Waals surface area contributed by atoms with Gasteiger partial charge in [0.1, 0.15) is 0 Å². The summed E-state index contributed by atoms with van der Waals surface area (Å²) in [6, 6.07) is 0. The third-order valence-electron chi connectivity index (χ3n) is 2.14. The first-order valence-corrected chi connectivity index (χ1v) is 4.74. The van der Waals surface area contributed by atoms with E-state index >= 15 is 0 Å². The Morgan fingerprint density at radius 2 is 1.85 bits per heavy atom. The van der Waals surface area contributed by atoms with Gasteiger partial charge in [0, 0.05) is 11.4 Å². The average molecular weight is 218 g/mol. The molecule has 5 heteroatoms. The van der Waals surface area contributed by atoms with Gasteiger partial charge in [0.2, 0.25) is 0 Å². The van der Waals surface area contributed by atoms with Crippen LogP contribution in [-0.2, 0) is 0 Å². The minimum absolute atomic E-state index is 0.370. The van der Waals surface area contributed by atoms with Gasteiger partial charge in [-0.15, -0.1) is 11.6 Å². The van der Waals surface area contributed by atoms with Crippen LogP contribution in [0, 0.1) is 0 Å². The molecule has 0 fully saturated rings. The molecule has 1 atom stereocenters. The molecule has 0 heterocycles. The molecule has 0 rings (SSSR count). The van der Waals surface area contributed by atoms with E-state index in [1.165, 1.54) is 0 Å². The van der Waals surface area contributed by atoms with Crippen LogP contribution in [-0.4, -0.2) is 24.1 Å². The van der Waals surface area contributed by atoms with Gasteiger partial charge in [-0.05, 0) is 19.8 Å². The molecule has 1 unspecified atom stereocenters. The highest BCUT2D eigenvalue weighted by atomic mass is 35.5. The van der Waals surface area contributed by atoms with Crippen LogP contribution >= 0.6 is 11.6 Å².